The van der Waals surface area contributed by atoms with E-state index in [1.165, 1.54) is 16.7 Å². The molecule has 0 spiro atoms. The molecule has 1 aromatic carbocycles. The first-order chi connectivity index (χ1) is 13.4. The lowest BCUT2D eigenvalue weighted by molar-refractivity contribution is 0.0518. The monoisotopic (exact) mass is 384 g/mol. The van der Waals surface area contributed by atoms with Gasteiger partial charge < -0.3 is 15.8 Å². The third-order valence-electron chi connectivity index (χ3n) is 4.36. The van der Waals surface area contributed by atoms with E-state index in [0.717, 1.165) is 31.4 Å². The van der Waals surface area contributed by atoms with Gasteiger partial charge in [0.15, 0.2) is 0 Å². The third-order valence-corrected chi connectivity index (χ3v) is 4.36. The number of ether oxygens (including phenoxy) is 1. The molecule has 0 aliphatic heterocycles. The van der Waals surface area contributed by atoms with E-state index in [4.69, 9.17) is 10.5 Å². The molecular formula is C24H36N2O2. The SMILES string of the molecule is CC(C)=CCC/C(C)=C/CC/C(C)=C/CNc1ccccc1C(=O)OCCN. The zero-order valence-electron chi connectivity index (χ0n) is 17.9. The van der Waals surface area contributed by atoms with Crippen LogP contribution >= 0.6 is 0 Å². The van der Waals surface area contributed by atoms with Crippen LogP contribution in [0, 0.1) is 0 Å². The van der Waals surface area contributed by atoms with Crippen molar-refractivity contribution >= 4 is 11.7 Å². The minimum atomic E-state index is -0.344. The van der Waals surface area contributed by atoms with Gasteiger partial charge in [0, 0.05) is 18.8 Å². The highest BCUT2D eigenvalue weighted by molar-refractivity contribution is 5.95. The van der Waals surface area contributed by atoms with Crippen molar-refractivity contribution in [1.82, 2.24) is 0 Å². The van der Waals surface area contributed by atoms with E-state index in [9.17, 15) is 4.79 Å². The molecule has 0 radical (unpaired) electrons. The molecule has 0 bridgehead atoms. The van der Waals surface area contributed by atoms with Crippen LogP contribution in [0.5, 0.6) is 0 Å². The number of carbonyl (C=O) groups is 1. The van der Waals surface area contributed by atoms with Crippen molar-refractivity contribution in [3.8, 4) is 0 Å². The second-order valence-electron chi connectivity index (χ2n) is 7.31. The standard InChI is InChI=1S/C24H36N2O2/c1-19(2)9-7-10-20(3)11-8-12-21(4)15-17-26-23-14-6-5-13-22(23)24(27)28-18-16-25/h5-6,9,11,13-15,26H,7-8,10,12,16-18,25H2,1-4H3/b20-11+,21-15+. The summed E-state index contributed by atoms with van der Waals surface area (Å²) < 4.78 is 5.13. The molecule has 1 rings (SSSR count). The molecule has 0 amide bonds. The largest absolute Gasteiger partial charge is 0.461 e. The summed E-state index contributed by atoms with van der Waals surface area (Å²) in [6.07, 6.45) is 11.2. The van der Waals surface area contributed by atoms with Crippen molar-refractivity contribution in [2.75, 3.05) is 25.0 Å². The number of nitrogens with two attached hydrogens (primary N) is 1. The van der Waals surface area contributed by atoms with Crippen LogP contribution in [0.1, 0.15) is 63.7 Å². The number of carbonyl (C=O) groups excluding carboxylic acids is 1. The van der Waals surface area contributed by atoms with Crippen LogP contribution in [0.25, 0.3) is 0 Å². The molecule has 0 saturated carbocycles. The van der Waals surface area contributed by atoms with Gasteiger partial charge in [-0.3, -0.25) is 0 Å². The van der Waals surface area contributed by atoms with Crippen molar-refractivity contribution in [3.63, 3.8) is 0 Å². The van der Waals surface area contributed by atoms with Gasteiger partial charge in [0.05, 0.1) is 5.56 Å². The molecule has 0 atom stereocenters. The fourth-order valence-corrected chi connectivity index (χ4v) is 2.72. The van der Waals surface area contributed by atoms with Gasteiger partial charge in [-0.15, -0.1) is 0 Å². The lowest BCUT2D eigenvalue weighted by atomic mass is 10.1. The molecule has 0 aliphatic carbocycles. The van der Waals surface area contributed by atoms with E-state index in [-0.39, 0.29) is 12.6 Å². The summed E-state index contributed by atoms with van der Waals surface area (Å²) in [6, 6.07) is 7.39. The average molecular weight is 385 g/mol. The fraction of sp³-hybridized carbons (Fsp3) is 0.458. The van der Waals surface area contributed by atoms with Crippen molar-refractivity contribution in [2.24, 2.45) is 5.73 Å². The van der Waals surface area contributed by atoms with Crippen LogP contribution in [0.2, 0.25) is 0 Å². The number of rotatable bonds is 12. The Morgan fingerprint density at radius 1 is 1.00 bits per heavy atom. The summed E-state index contributed by atoms with van der Waals surface area (Å²) in [4.78, 5) is 12.1. The number of hydrogen-bond donors (Lipinski definition) is 2. The first kappa shape index (κ1) is 23.7. The molecule has 4 nitrogen and oxygen atoms in total. The lowest BCUT2D eigenvalue weighted by Crippen LogP contribution is -2.15. The number of allylic oxidation sites excluding steroid dienone is 5. The lowest BCUT2D eigenvalue weighted by Gasteiger charge is -2.10. The summed E-state index contributed by atoms with van der Waals surface area (Å²) in [6.45, 7) is 9.87. The van der Waals surface area contributed by atoms with Gasteiger partial charge in [-0.25, -0.2) is 4.79 Å². The Kier molecular flexibility index (Phi) is 11.7. The Balaban J connectivity index is 2.46. The Morgan fingerprint density at radius 2 is 1.64 bits per heavy atom. The quantitative estimate of drug-likeness (QED) is 0.362. The number of hydrogen-bond acceptors (Lipinski definition) is 4. The van der Waals surface area contributed by atoms with E-state index in [1.54, 1.807) is 6.07 Å². The number of para-hydroxylation sites is 1. The predicted molar refractivity (Wildman–Crippen MR) is 120 cm³/mol. The number of nitrogens with one attached hydrogen (secondary N) is 1. The molecule has 4 heteroatoms. The van der Waals surface area contributed by atoms with E-state index in [2.05, 4.69) is 51.2 Å². The summed E-state index contributed by atoms with van der Waals surface area (Å²) in [5.74, 6) is -0.344. The van der Waals surface area contributed by atoms with Crippen molar-refractivity contribution < 1.29 is 9.53 Å². The molecule has 3 N–H and O–H groups in total. The number of benzene rings is 1. The van der Waals surface area contributed by atoms with Crippen molar-refractivity contribution in [3.05, 3.63) is 64.8 Å². The van der Waals surface area contributed by atoms with E-state index >= 15 is 0 Å². The second kappa shape index (κ2) is 13.8. The minimum absolute atomic E-state index is 0.230. The summed E-state index contributed by atoms with van der Waals surface area (Å²) in [5, 5.41) is 3.31. The van der Waals surface area contributed by atoms with E-state index in [0.29, 0.717) is 18.7 Å². The van der Waals surface area contributed by atoms with Crippen LogP contribution in [0.4, 0.5) is 5.69 Å². The molecular weight excluding hydrogens is 348 g/mol. The molecule has 28 heavy (non-hydrogen) atoms. The zero-order valence-corrected chi connectivity index (χ0v) is 17.9. The summed E-state index contributed by atoms with van der Waals surface area (Å²) in [5.41, 5.74) is 10.9. The van der Waals surface area contributed by atoms with E-state index in [1.807, 2.05) is 18.2 Å². The molecule has 154 valence electrons. The summed E-state index contributed by atoms with van der Waals surface area (Å²) in [7, 11) is 0. The van der Waals surface area contributed by atoms with Crippen LogP contribution in [0.15, 0.2) is 59.2 Å². The van der Waals surface area contributed by atoms with Gasteiger partial charge in [0.2, 0.25) is 0 Å². The maximum atomic E-state index is 12.1. The van der Waals surface area contributed by atoms with Crippen LogP contribution in [0.3, 0.4) is 0 Å². The van der Waals surface area contributed by atoms with Crippen LogP contribution in [-0.2, 0) is 4.74 Å². The smallest absolute Gasteiger partial charge is 0.340 e. The molecule has 1 aromatic rings. The predicted octanol–water partition coefficient (Wildman–Crippen LogP) is 5.63. The molecule has 0 aromatic heterocycles. The Hall–Kier alpha value is -2.33. The molecule has 0 unspecified atom stereocenters. The van der Waals surface area contributed by atoms with Gasteiger partial charge in [0.1, 0.15) is 6.61 Å². The van der Waals surface area contributed by atoms with Gasteiger partial charge in [-0.2, -0.15) is 0 Å². The maximum Gasteiger partial charge on any atom is 0.340 e. The molecule has 0 saturated heterocycles. The van der Waals surface area contributed by atoms with Crippen molar-refractivity contribution in [1.29, 1.82) is 0 Å². The van der Waals surface area contributed by atoms with Crippen molar-refractivity contribution in [2.45, 2.75) is 53.4 Å². The first-order valence-electron chi connectivity index (χ1n) is 10.1. The number of esters is 1. The van der Waals surface area contributed by atoms with Crippen LogP contribution < -0.4 is 11.1 Å². The maximum absolute atomic E-state index is 12.1. The normalized spacial score (nSPS) is 11.9. The van der Waals surface area contributed by atoms with Gasteiger partial charge in [-0.05, 0) is 65.5 Å². The number of anilines is 1. The van der Waals surface area contributed by atoms with Gasteiger partial charge in [0.25, 0.3) is 0 Å². The Bertz CT molecular complexity index is 698. The molecule has 0 heterocycles. The Morgan fingerprint density at radius 3 is 2.32 bits per heavy atom. The fourth-order valence-electron chi connectivity index (χ4n) is 2.72. The summed E-state index contributed by atoms with van der Waals surface area (Å²) >= 11 is 0. The highest BCUT2D eigenvalue weighted by atomic mass is 16.5. The van der Waals surface area contributed by atoms with Gasteiger partial charge >= 0.3 is 5.97 Å². The van der Waals surface area contributed by atoms with Gasteiger partial charge in [-0.1, -0.05) is 47.1 Å². The molecule has 0 fully saturated rings. The topological polar surface area (TPSA) is 64.3 Å². The first-order valence-corrected chi connectivity index (χ1v) is 10.1. The second-order valence-corrected chi connectivity index (χ2v) is 7.31. The van der Waals surface area contributed by atoms with Crippen LogP contribution in [-0.4, -0.2) is 25.7 Å². The zero-order chi connectivity index (χ0) is 20.8. The molecule has 0 aliphatic rings. The van der Waals surface area contributed by atoms with E-state index < -0.39 is 0 Å². The highest BCUT2D eigenvalue weighted by Crippen LogP contribution is 2.16. The highest BCUT2D eigenvalue weighted by Gasteiger charge is 2.11. The minimum Gasteiger partial charge on any atom is -0.461 e. The third kappa shape index (κ3) is 10.1. The average Bonchev–Trinajstić information content (AvgIpc) is 2.66. The Labute approximate surface area is 170 Å².